The summed E-state index contributed by atoms with van der Waals surface area (Å²) in [6.45, 7) is 7.60. The summed E-state index contributed by atoms with van der Waals surface area (Å²) in [7, 11) is 0. The summed E-state index contributed by atoms with van der Waals surface area (Å²) in [4.78, 5) is 45.9. The molecule has 10 nitrogen and oxygen atoms in total. The number of hydrogen-bond donors (Lipinski definition) is 3. The Balaban J connectivity index is 2.38. The Morgan fingerprint density at radius 3 is 2.29 bits per heavy atom. The number of carbonyl (C=O) groups excluding carboxylic acids is 1. The van der Waals surface area contributed by atoms with Crippen molar-refractivity contribution in [2.75, 3.05) is 0 Å². The van der Waals surface area contributed by atoms with E-state index in [-0.39, 0.29) is 24.9 Å². The van der Waals surface area contributed by atoms with E-state index >= 15 is 0 Å². The summed E-state index contributed by atoms with van der Waals surface area (Å²) in [6, 6.07) is 0. The van der Waals surface area contributed by atoms with Gasteiger partial charge in [0.15, 0.2) is 5.79 Å². The summed E-state index contributed by atoms with van der Waals surface area (Å²) < 4.78 is 19.3. The van der Waals surface area contributed by atoms with Crippen molar-refractivity contribution in [2.45, 2.75) is 115 Å². The molecule has 2 fully saturated rings. The zero-order valence-electron chi connectivity index (χ0n) is 24.5. The van der Waals surface area contributed by atoms with Crippen molar-refractivity contribution < 1.29 is 48.7 Å². The van der Waals surface area contributed by atoms with Gasteiger partial charge in [-0.25, -0.2) is 9.59 Å². The maximum Gasteiger partial charge on any atom is 0.328 e. The van der Waals surface area contributed by atoms with Crippen molar-refractivity contribution in [2.24, 2.45) is 5.92 Å². The highest BCUT2D eigenvalue weighted by molar-refractivity contribution is 5.81. The molecule has 41 heavy (non-hydrogen) atoms. The van der Waals surface area contributed by atoms with Gasteiger partial charge in [0.25, 0.3) is 0 Å². The fourth-order valence-electron chi connectivity index (χ4n) is 5.24. The molecule has 5 atom stereocenters. The summed E-state index contributed by atoms with van der Waals surface area (Å²) >= 11 is 0. The van der Waals surface area contributed by atoms with Crippen LogP contribution in [0, 0.1) is 5.92 Å². The van der Waals surface area contributed by atoms with Gasteiger partial charge >= 0.3 is 23.9 Å². The van der Waals surface area contributed by atoms with E-state index in [0.29, 0.717) is 37.7 Å². The van der Waals surface area contributed by atoms with E-state index in [1.54, 1.807) is 19.1 Å². The quantitative estimate of drug-likeness (QED) is 0.135. The fourth-order valence-corrected chi connectivity index (χ4v) is 5.24. The second-order valence-electron chi connectivity index (χ2n) is 11.1. The van der Waals surface area contributed by atoms with Crippen molar-refractivity contribution in [3.63, 3.8) is 0 Å². The molecule has 2 aliphatic rings. The lowest BCUT2D eigenvalue weighted by atomic mass is 9.78. The van der Waals surface area contributed by atoms with Crippen LogP contribution in [0.25, 0.3) is 0 Å². The van der Waals surface area contributed by atoms with Crippen LogP contribution < -0.4 is 0 Å². The van der Waals surface area contributed by atoms with Gasteiger partial charge in [-0.05, 0) is 57.4 Å². The first kappa shape index (κ1) is 34.0. The van der Waals surface area contributed by atoms with Crippen LogP contribution in [0.1, 0.15) is 91.9 Å². The number of carbonyl (C=O) groups is 4. The number of carboxylic acids is 3. The van der Waals surface area contributed by atoms with Gasteiger partial charge in [0, 0.05) is 25.0 Å². The maximum absolute atomic E-state index is 12.8. The largest absolute Gasteiger partial charge is 0.481 e. The van der Waals surface area contributed by atoms with Crippen molar-refractivity contribution in [1.82, 2.24) is 0 Å². The Morgan fingerprint density at radius 2 is 1.66 bits per heavy atom. The van der Waals surface area contributed by atoms with E-state index < -0.39 is 41.4 Å². The highest BCUT2D eigenvalue weighted by atomic mass is 16.7. The van der Waals surface area contributed by atoms with Crippen LogP contribution in [-0.2, 0) is 33.4 Å². The summed E-state index contributed by atoms with van der Waals surface area (Å²) in [5.74, 6) is -4.53. The Bertz CT molecular complexity index is 1070. The third-order valence-corrected chi connectivity index (χ3v) is 7.63. The van der Waals surface area contributed by atoms with Gasteiger partial charge in [-0.1, -0.05) is 50.1 Å². The second kappa shape index (κ2) is 15.7. The number of hydrogen-bond acceptors (Lipinski definition) is 7. The zero-order valence-corrected chi connectivity index (χ0v) is 24.5. The minimum atomic E-state index is -1.09. The average Bonchev–Trinajstić information content (AvgIpc) is 2.90. The van der Waals surface area contributed by atoms with Crippen LogP contribution in [0.3, 0.4) is 0 Å². The number of aliphatic carboxylic acids is 3. The topological polar surface area (TPSA) is 157 Å². The minimum absolute atomic E-state index is 0.184. The van der Waals surface area contributed by atoms with Crippen LogP contribution in [0.4, 0.5) is 0 Å². The Hall–Kier alpha value is -3.24. The van der Waals surface area contributed by atoms with E-state index in [2.05, 4.69) is 6.92 Å². The molecule has 0 unspecified atom stereocenters. The molecule has 1 spiro atoms. The molecule has 2 aliphatic heterocycles. The highest BCUT2D eigenvalue weighted by Crippen LogP contribution is 2.48. The number of allylic oxidation sites excluding steroid dienone is 4. The molecule has 0 amide bonds. The summed E-state index contributed by atoms with van der Waals surface area (Å²) in [6.07, 6.45) is 12.4. The maximum atomic E-state index is 12.8. The van der Waals surface area contributed by atoms with Crippen molar-refractivity contribution in [1.29, 1.82) is 0 Å². The predicted octanol–water partition coefficient (Wildman–Crippen LogP) is 5.58. The number of rotatable bonds is 14. The molecule has 228 valence electrons. The summed E-state index contributed by atoms with van der Waals surface area (Å²) in [5, 5.41) is 27.1. The standard InChI is InChI=1S/C31H44O10/c1-5-6-16-30(41-29(38)14-13-27(34)35)18-19-31(40-25(30)11-8-22(3)20-28(36)37)17-15-23(4)24(39-31)10-7-21(2)9-12-26(32)33/h7-9,11-12,20,23-25H,5-6,10,13-19H2,1-4H3,(H,32,33)(H,34,35)(H,36,37)/b11-8+,12-9+,21-7+,22-20+/t23-,24+,25-,30+,31-/m0/s1. The van der Waals surface area contributed by atoms with Crippen LogP contribution in [-0.4, -0.2) is 62.8 Å². The van der Waals surface area contributed by atoms with Crippen LogP contribution in [0.2, 0.25) is 0 Å². The fraction of sp³-hybridized carbons (Fsp3) is 0.613. The third-order valence-electron chi connectivity index (χ3n) is 7.63. The zero-order chi connectivity index (χ0) is 30.6. The van der Waals surface area contributed by atoms with Gasteiger partial charge in [0.05, 0.1) is 18.9 Å². The molecule has 0 aromatic rings. The van der Waals surface area contributed by atoms with Crippen molar-refractivity contribution >= 4 is 23.9 Å². The molecule has 2 rings (SSSR count). The Kier molecular flexibility index (Phi) is 13.0. The minimum Gasteiger partial charge on any atom is -0.481 e. The highest BCUT2D eigenvalue weighted by Gasteiger charge is 2.54. The average molecular weight is 577 g/mol. The first-order chi connectivity index (χ1) is 19.3. The van der Waals surface area contributed by atoms with Crippen molar-refractivity contribution in [3.05, 3.63) is 47.6 Å². The Morgan fingerprint density at radius 1 is 0.927 bits per heavy atom. The van der Waals surface area contributed by atoms with E-state index in [0.717, 1.165) is 37.0 Å². The molecule has 0 aromatic heterocycles. The molecular weight excluding hydrogens is 532 g/mol. The first-order valence-electron chi connectivity index (χ1n) is 14.3. The SMILES string of the molecule is CCCC[C@@]1(OC(=O)CCC(=O)O)CC[C@]2(CC[C@H](C)[C@@H](C/C=C(C)/C=C/C(=O)O)O2)O[C@H]1/C=C/C(C)=C/C(=O)O. The van der Waals surface area contributed by atoms with Gasteiger partial charge in [0.2, 0.25) is 0 Å². The molecule has 0 aromatic carbocycles. The van der Waals surface area contributed by atoms with E-state index in [9.17, 15) is 19.2 Å². The molecule has 2 heterocycles. The van der Waals surface area contributed by atoms with Gasteiger partial charge in [-0.15, -0.1) is 0 Å². The lowest BCUT2D eigenvalue weighted by Crippen LogP contribution is -2.59. The molecule has 3 N–H and O–H groups in total. The van der Waals surface area contributed by atoms with Gasteiger partial charge in [-0.3, -0.25) is 9.59 Å². The van der Waals surface area contributed by atoms with Crippen LogP contribution in [0.15, 0.2) is 47.6 Å². The molecule has 0 aliphatic carbocycles. The molecule has 0 saturated carbocycles. The summed E-state index contributed by atoms with van der Waals surface area (Å²) in [5.41, 5.74) is 0.228. The monoisotopic (exact) mass is 576 g/mol. The number of carboxylic acid groups (broad SMARTS) is 3. The first-order valence-corrected chi connectivity index (χ1v) is 14.3. The van der Waals surface area contributed by atoms with Crippen LogP contribution >= 0.6 is 0 Å². The van der Waals surface area contributed by atoms with Crippen LogP contribution in [0.5, 0.6) is 0 Å². The lowest BCUT2D eigenvalue weighted by molar-refractivity contribution is -0.344. The number of ether oxygens (including phenoxy) is 3. The van der Waals surface area contributed by atoms with Gasteiger partial charge in [-0.2, -0.15) is 0 Å². The Labute approximate surface area is 241 Å². The van der Waals surface area contributed by atoms with E-state index in [4.69, 9.17) is 29.5 Å². The third kappa shape index (κ3) is 10.9. The second-order valence-corrected chi connectivity index (χ2v) is 11.1. The molecule has 10 heteroatoms. The predicted molar refractivity (Wildman–Crippen MR) is 151 cm³/mol. The molecular formula is C31H44O10. The van der Waals surface area contributed by atoms with E-state index in [1.165, 1.54) is 6.08 Å². The van der Waals surface area contributed by atoms with Crippen molar-refractivity contribution in [3.8, 4) is 0 Å². The normalized spacial score (nSPS) is 29.2. The van der Waals surface area contributed by atoms with Gasteiger partial charge in [0.1, 0.15) is 11.7 Å². The molecule has 2 saturated heterocycles. The van der Waals surface area contributed by atoms with E-state index in [1.807, 2.05) is 19.9 Å². The molecule has 0 bridgehead atoms. The van der Waals surface area contributed by atoms with Gasteiger partial charge < -0.3 is 29.5 Å². The number of unbranched alkanes of at least 4 members (excludes halogenated alkanes) is 1. The molecule has 0 radical (unpaired) electrons. The number of esters is 1. The lowest BCUT2D eigenvalue weighted by Gasteiger charge is -2.53. The smallest absolute Gasteiger partial charge is 0.328 e.